The Hall–Kier alpha value is -3.07. The molecule has 3 heterocycles. The molecule has 0 saturated carbocycles. The van der Waals surface area contributed by atoms with Crippen molar-refractivity contribution in [3.8, 4) is 0 Å². The number of benzene rings is 1. The van der Waals surface area contributed by atoms with E-state index in [0.717, 1.165) is 16.4 Å². The number of amidine groups is 1. The first-order valence-corrected chi connectivity index (χ1v) is 13.7. The fraction of sp³-hybridized carbons (Fsp3) is 0.500. The highest BCUT2D eigenvalue weighted by Gasteiger charge is 2.41. The molecule has 198 valence electrons. The number of hydrogen-bond acceptors (Lipinski definition) is 8. The van der Waals surface area contributed by atoms with Gasteiger partial charge in [0, 0.05) is 18.8 Å². The van der Waals surface area contributed by atoms with Crippen LogP contribution in [0.4, 0.5) is 0 Å². The predicted molar refractivity (Wildman–Crippen MR) is 143 cm³/mol. The van der Waals surface area contributed by atoms with Crippen LogP contribution in [-0.4, -0.2) is 59.6 Å². The molecular weight excluding hydrogens is 490 g/mol. The number of hydrogen-bond donors (Lipinski definition) is 0. The fourth-order valence-corrected chi connectivity index (χ4v) is 5.97. The third kappa shape index (κ3) is 5.61. The largest absolute Gasteiger partial charge is 0.466 e. The van der Waals surface area contributed by atoms with Crippen LogP contribution >= 0.6 is 11.8 Å². The second kappa shape index (κ2) is 11.5. The first-order valence-electron chi connectivity index (χ1n) is 12.8. The van der Waals surface area contributed by atoms with Gasteiger partial charge in [0.2, 0.25) is 5.91 Å². The Labute approximate surface area is 222 Å². The van der Waals surface area contributed by atoms with E-state index < -0.39 is 12.0 Å². The quantitative estimate of drug-likeness (QED) is 0.475. The van der Waals surface area contributed by atoms with Gasteiger partial charge in [0.05, 0.1) is 43.4 Å². The summed E-state index contributed by atoms with van der Waals surface area (Å²) >= 11 is 1.46. The van der Waals surface area contributed by atoms with Crippen LogP contribution < -0.4 is 0 Å². The molecule has 8 nitrogen and oxygen atoms in total. The van der Waals surface area contributed by atoms with Crippen molar-refractivity contribution in [2.24, 2.45) is 10.9 Å². The summed E-state index contributed by atoms with van der Waals surface area (Å²) in [4.78, 5) is 46.8. The highest BCUT2D eigenvalue weighted by Crippen LogP contribution is 2.45. The van der Waals surface area contributed by atoms with Gasteiger partial charge in [0.1, 0.15) is 0 Å². The van der Waals surface area contributed by atoms with Gasteiger partial charge in [-0.2, -0.15) is 0 Å². The van der Waals surface area contributed by atoms with Crippen LogP contribution in [0, 0.1) is 5.92 Å². The highest BCUT2D eigenvalue weighted by atomic mass is 32.2. The predicted octanol–water partition coefficient (Wildman–Crippen LogP) is 4.75. The Balaban J connectivity index is 1.56. The fourth-order valence-electron chi connectivity index (χ4n) is 5.01. The molecule has 1 atom stereocenters. The lowest BCUT2D eigenvalue weighted by Gasteiger charge is -2.37. The Morgan fingerprint density at radius 1 is 1.14 bits per heavy atom. The van der Waals surface area contributed by atoms with Crippen molar-refractivity contribution >= 4 is 34.8 Å². The van der Waals surface area contributed by atoms with Crippen LogP contribution in [0.1, 0.15) is 70.0 Å². The van der Waals surface area contributed by atoms with Gasteiger partial charge in [0.25, 0.3) is 0 Å². The maximum atomic E-state index is 13.3. The normalized spacial score (nSPS) is 20.0. The number of fused-ring (bicyclic) bond motifs is 1. The van der Waals surface area contributed by atoms with Gasteiger partial charge >= 0.3 is 11.9 Å². The number of nitrogens with zero attached hydrogens (tertiary/aromatic N) is 3. The van der Waals surface area contributed by atoms with Crippen LogP contribution in [0.25, 0.3) is 0 Å². The molecule has 1 unspecified atom stereocenters. The van der Waals surface area contributed by atoms with Gasteiger partial charge in [-0.15, -0.1) is 0 Å². The molecule has 0 bridgehead atoms. The first kappa shape index (κ1) is 27.0. The summed E-state index contributed by atoms with van der Waals surface area (Å²) < 4.78 is 10.3. The summed E-state index contributed by atoms with van der Waals surface area (Å²) in [5.74, 6) is -0.377. The second-order valence-corrected chi connectivity index (χ2v) is 10.6. The van der Waals surface area contributed by atoms with E-state index in [1.54, 1.807) is 6.92 Å². The number of methoxy groups -OCH3 is 1. The zero-order valence-corrected chi connectivity index (χ0v) is 23.0. The zero-order chi connectivity index (χ0) is 26.7. The monoisotopic (exact) mass is 525 g/mol. The number of amides is 1. The number of carbonyl (C=O) groups excluding carboxylic acids is 3. The van der Waals surface area contributed by atoms with E-state index in [9.17, 15) is 14.4 Å². The van der Waals surface area contributed by atoms with E-state index in [1.165, 1.54) is 24.4 Å². The van der Waals surface area contributed by atoms with Crippen molar-refractivity contribution in [1.82, 2.24) is 9.80 Å². The summed E-state index contributed by atoms with van der Waals surface area (Å²) in [6.07, 6.45) is 1.40. The molecule has 0 spiro atoms. The molecule has 0 radical (unpaired) electrons. The van der Waals surface area contributed by atoms with Crippen LogP contribution in [-0.2, 0) is 23.9 Å². The minimum atomic E-state index is -0.440. The average Bonchev–Trinajstić information content (AvgIpc) is 3.29. The smallest absolute Gasteiger partial charge is 0.338 e. The molecule has 9 heteroatoms. The number of aliphatic imine (C=N–C) groups is 1. The lowest BCUT2D eigenvalue weighted by atomic mass is 9.91. The van der Waals surface area contributed by atoms with E-state index in [4.69, 9.17) is 9.47 Å². The van der Waals surface area contributed by atoms with Crippen molar-refractivity contribution in [1.29, 1.82) is 0 Å². The number of esters is 2. The molecule has 4 rings (SSSR count). The molecule has 1 saturated heterocycles. The lowest BCUT2D eigenvalue weighted by Crippen LogP contribution is -2.42. The summed E-state index contributed by atoms with van der Waals surface area (Å²) in [5, 5.41) is 2.69. The summed E-state index contributed by atoms with van der Waals surface area (Å²) in [5.41, 5.74) is 4.03. The minimum Gasteiger partial charge on any atom is -0.466 e. The summed E-state index contributed by atoms with van der Waals surface area (Å²) in [6, 6.07) is 7.82. The van der Waals surface area contributed by atoms with Crippen molar-refractivity contribution < 1.29 is 23.9 Å². The molecule has 0 aromatic heterocycles. The van der Waals surface area contributed by atoms with Gasteiger partial charge in [-0.3, -0.25) is 9.59 Å². The molecule has 3 aliphatic rings. The van der Waals surface area contributed by atoms with Crippen LogP contribution in [0.15, 0.2) is 51.6 Å². The van der Waals surface area contributed by atoms with Crippen molar-refractivity contribution in [2.75, 3.05) is 26.8 Å². The number of thioether (sulfide) groups is 1. The standard InChI is InChI=1S/C28H35N3O5S/c1-6-36-26(33)21-11-13-30(14-12-21)23(32)15-22-16-37-28-29-18(4)24(27(34)35-5)25(31(22)28)20-9-7-19(8-10-20)17(2)3/h7-10,16-17,21,25H,6,11-15H2,1-5H3. The lowest BCUT2D eigenvalue weighted by molar-refractivity contribution is -0.151. The third-order valence-corrected chi connectivity index (χ3v) is 8.01. The SMILES string of the molecule is CCOC(=O)C1CCN(C(=O)CC2=CSC3=NC(C)=C(C(=O)OC)C(c4ccc(C(C)C)cc4)N23)CC1. The Bertz CT molecular complexity index is 1150. The van der Waals surface area contributed by atoms with E-state index in [-0.39, 0.29) is 24.2 Å². The number of piperidine rings is 1. The van der Waals surface area contributed by atoms with Crippen molar-refractivity contribution in [2.45, 2.75) is 58.9 Å². The maximum Gasteiger partial charge on any atom is 0.338 e. The molecule has 1 aromatic carbocycles. The number of ether oxygens (including phenoxy) is 2. The molecule has 0 N–H and O–H groups in total. The Morgan fingerprint density at radius 3 is 2.41 bits per heavy atom. The van der Waals surface area contributed by atoms with E-state index in [2.05, 4.69) is 31.0 Å². The molecule has 0 aliphatic carbocycles. The molecule has 37 heavy (non-hydrogen) atoms. The second-order valence-electron chi connectivity index (χ2n) is 9.79. The van der Waals surface area contributed by atoms with Crippen LogP contribution in [0.5, 0.6) is 0 Å². The Kier molecular flexibility index (Phi) is 8.42. The molecular formula is C28H35N3O5S. The van der Waals surface area contributed by atoms with Gasteiger partial charge in [-0.05, 0) is 49.1 Å². The van der Waals surface area contributed by atoms with E-state index in [0.29, 0.717) is 49.7 Å². The van der Waals surface area contributed by atoms with Gasteiger partial charge in [0.15, 0.2) is 5.17 Å². The molecule has 1 aromatic rings. The van der Waals surface area contributed by atoms with Gasteiger partial charge in [-0.25, -0.2) is 9.79 Å². The van der Waals surface area contributed by atoms with Crippen LogP contribution in [0.2, 0.25) is 0 Å². The number of carbonyl (C=O) groups is 3. The number of likely N-dealkylation sites (tertiary alicyclic amines) is 1. The molecule has 1 amide bonds. The average molecular weight is 526 g/mol. The number of rotatable bonds is 7. The Morgan fingerprint density at radius 2 is 1.81 bits per heavy atom. The first-order chi connectivity index (χ1) is 17.7. The van der Waals surface area contributed by atoms with Gasteiger partial charge < -0.3 is 19.3 Å². The number of allylic oxidation sites excluding steroid dienone is 1. The topological polar surface area (TPSA) is 88.5 Å². The molecule has 3 aliphatic heterocycles. The summed E-state index contributed by atoms with van der Waals surface area (Å²) in [7, 11) is 1.37. The van der Waals surface area contributed by atoms with Crippen molar-refractivity contribution in [3.63, 3.8) is 0 Å². The molecule has 1 fully saturated rings. The van der Waals surface area contributed by atoms with E-state index >= 15 is 0 Å². The minimum absolute atomic E-state index is 0.00444. The third-order valence-electron chi connectivity index (χ3n) is 7.12. The van der Waals surface area contributed by atoms with Crippen LogP contribution in [0.3, 0.4) is 0 Å². The van der Waals surface area contributed by atoms with Gasteiger partial charge in [-0.1, -0.05) is 49.9 Å². The highest BCUT2D eigenvalue weighted by molar-refractivity contribution is 8.16. The maximum absolute atomic E-state index is 13.3. The van der Waals surface area contributed by atoms with Crippen molar-refractivity contribution in [3.05, 3.63) is 57.8 Å². The zero-order valence-electron chi connectivity index (χ0n) is 22.2. The summed E-state index contributed by atoms with van der Waals surface area (Å²) in [6.45, 7) is 9.32. The van der Waals surface area contributed by atoms with E-state index in [1.807, 2.05) is 34.3 Å².